The zero-order valence-corrected chi connectivity index (χ0v) is 15.6. The molecule has 0 spiro atoms. The average Bonchev–Trinajstić information content (AvgIpc) is 3.20. The zero-order valence-electron chi connectivity index (χ0n) is 14.8. The fraction of sp³-hybridized carbons (Fsp3) is 0.526. The Balaban J connectivity index is 1.86. The Morgan fingerprint density at radius 3 is 2.80 bits per heavy atom. The number of rotatable bonds is 7. The Kier molecular flexibility index (Phi) is 6.50. The lowest BCUT2D eigenvalue weighted by atomic mass is 9.93. The van der Waals surface area contributed by atoms with Gasteiger partial charge in [-0.3, -0.25) is 9.89 Å². The van der Waals surface area contributed by atoms with Gasteiger partial charge in [0, 0.05) is 23.9 Å². The number of carbonyl (C=O) groups is 1. The summed E-state index contributed by atoms with van der Waals surface area (Å²) in [6, 6.07) is 8.07. The van der Waals surface area contributed by atoms with Crippen LogP contribution in [0.15, 0.2) is 30.6 Å². The number of hydrogen-bond acceptors (Lipinski definition) is 4. The number of hydrogen-bond donors (Lipinski definition) is 1. The van der Waals surface area contributed by atoms with Gasteiger partial charge in [-0.2, -0.15) is 16.9 Å². The summed E-state index contributed by atoms with van der Waals surface area (Å²) in [4.78, 5) is 19.8. The van der Waals surface area contributed by atoms with Crippen molar-refractivity contribution in [1.82, 2.24) is 20.1 Å². The Bertz CT molecular complexity index is 668. The number of aromatic amines is 1. The Hall–Kier alpha value is -1.82. The maximum atomic E-state index is 13.4. The molecule has 0 atom stereocenters. The first-order valence-electron chi connectivity index (χ1n) is 9.14. The number of nitrogens with one attached hydrogen (secondary N) is 1. The van der Waals surface area contributed by atoms with E-state index in [1.807, 2.05) is 36.0 Å². The SMILES string of the molecule is CCSCCN(C(=O)c1ccccc1-c1ncn[nH]1)C1CCCCC1. The highest BCUT2D eigenvalue weighted by Crippen LogP contribution is 2.27. The highest BCUT2D eigenvalue weighted by molar-refractivity contribution is 7.99. The van der Waals surface area contributed by atoms with Crippen LogP contribution in [0, 0.1) is 0 Å². The van der Waals surface area contributed by atoms with Crippen molar-refractivity contribution < 1.29 is 4.79 Å². The maximum absolute atomic E-state index is 13.4. The molecule has 0 unspecified atom stereocenters. The molecule has 1 aliphatic rings. The van der Waals surface area contributed by atoms with E-state index in [2.05, 4.69) is 27.0 Å². The first-order chi connectivity index (χ1) is 12.3. The van der Waals surface area contributed by atoms with Crippen molar-refractivity contribution in [2.75, 3.05) is 18.1 Å². The number of amides is 1. The van der Waals surface area contributed by atoms with E-state index < -0.39 is 0 Å². The van der Waals surface area contributed by atoms with Crippen LogP contribution in [0.1, 0.15) is 49.4 Å². The normalized spacial score (nSPS) is 15.2. The van der Waals surface area contributed by atoms with Crippen molar-refractivity contribution in [2.45, 2.75) is 45.1 Å². The van der Waals surface area contributed by atoms with E-state index in [9.17, 15) is 4.79 Å². The molecule has 5 nitrogen and oxygen atoms in total. The van der Waals surface area contributed by atoms with Crippen LogP contribution < -0.4 is 0 Å². The second kappa shape index (κ2) is 9.04. The highest BCUT2D eigenvalue weighted by atomic mass is 32.2. The van der Waals surface area contributed by atoms with Crippen LogP contribution in [0.2, 0.25) is 0 Å². The van der Waals surface area contributed by atoms with Gasteiger partial charge < -0.3 is 4.90 Å². The van der Waals surface area contributed by atoms with Crippen molar-refractivity contribution >= 4 is 17.7 Å². The van der Waals surface area contributed by atoms with Crippen LogP contribution in [0.3, 0.4) is 0 Å². The molecule has 1 aliphatic carbocycles. The molecule has 0 saturated heterocycles. The van der Waals surface area contributed by atoms with Gasteiger partial charge in [0.1, 0.15) is 6.33 Å². The molecule has 3 rings (SSSR count). The second-order valence-electron chi connectivity index (χ2n) is 6.37. The number of carbonyl (C=O) groups excluding carboxylic acids is 1. The lowest BCUT2D eigenvalue weighted by molar-refractivity contribution is 0.0651. The summed E-state index contributed by atoms with van der Waals surface area (Å²) in [6.45, 7) is 2.98. The fourth-order valence-corrected chi connectivity index (χ4v) is 4.13. The van der Waals surface area contributed by atoms with Crippen LogP contribution in [0.25, 0.3) is 11.4 Å². The van der Waals surface area contributed by atoms with Crippen molar-refractivity contribution in [3.63, 3.8) is 0 Å². The van der Waals surface area contributed by atoms with Gasteiger partial charge in [0.15, 0.2) is 5.82 Å². The lowest BCUT2D eigenvalue weighted by Crippen LogP contribution is -2.43. The first kappa shape index (κ1) is 18.0. The van der Waals surface area contributed by atoms with Gasteiger partial charge in [-0.05, 0) is 24.7 Å². The van der Waals surface area contributed by atoms with Crippen molar-refractivity contribution in [3.05, 3.63) is 36.2 Å². The average molecular weight is 359 g/mol. The monoisotopic (exact) mass is 358 g/mol. The van der Waals surface area contributed by atoms with Crippen LogP contribution in [-0.4, -0.2) is 50.1 Å². The summed E-state index contributed by atoms with van der Waals surface area (Å²) in [5.74, 6) is 2.84. The predicted molar refractivity (Wildman–Crippen MR) is 103 cm³/mol. The Labute approximate surface area is 153 Å². The van der Waals surface area contributed by atoms with Crippen LogP contribution >= 0.6 is 11.8 Å². The molecular weight excluding hydrogens is 332 g/mol. The summed E-state index contributed by atoms with van der Waals surface area (Å²) in [7, 11) is 0. The predicted octanol–water partition coefficient (Wildman–Crippen LogP) is 4.00. The third kappa shape index (κ3) is 4.42. The molecule has 6 heteroatoms. The highest BCUT2D eigenvalue weighted by Gasteiger charge is 2.27. The smallest absolute Gasteiger partial charge is 0.254 e. The number of H-pyrrole nitrogens is 1. The minimum Gasteiger partial charge on any atom is -0.335 e. The van der Waals surface area contributed by atoms with Crippen LogP contribution in [-0.2, 0) is 0 Å². The minimum atomic E-state index is 0.121. The fourth-order valence-electron chi connectivity index (χ4n) is 3.52. The molecule has 0 radical (unpaired) electrons. The van der Waals surface area contributed by atoms with Gasteiger partial charge >= 0.3 is 0 Å². The number of thioether (sulfide) groups is 1. The summed E-state index contributed by atoms with van der Waals surface area (Å²) in [5, 5.41) is 6.81. The lowest BCUT2D eigenvalue weighted by Gasteiger charge is -2.35. The number of aromatic nitrogens is 3. The Morgan fingerprint density at radius 1 is 1.28 bits per heavy atom. The van der Waals surface area contributed by atoms with E-state index in [4.69, 9.17) is 0 Å². The molecule has 1 fully saturated rings. The van der Waals surface area contributed by atoms with Gasteiger partial charge in [0.05, 0.1) is 5.56 Å². The summed E-state index contributed by atoms with van der Waals surface area (Å²) >= 11 is 1.89. The molecule has 1 aromatic heterocycles. The third-order valence-corrected chi connectivity index (χ3v) is 5.66. The van der Waals surface area contributed by atoms with Gasteiger partial charge in [-0.15, -0.1) is 0 Å². The van der Waals surface area contributed by atoms with Gasteiger partial charge in [0.25, 0.3) is 5.91 Å². The molecule has 1 aromatic carbocycles. The van der Waals surface area contributed by atoms with Gasteiger partial charge in [-0.25, -0.2) is 4.98 Å². The van der Waals surface area contributed by atoms with Gasteiger partial charge in [0.2, 0.25) is 0 Å². The maximum Gasteiger partial charge on any atom is 0.254 e. The second-order valence-corrected chi connectivity index (χ2v) is 7.76. The van der Waals surface area contributed by atoms with E-state index in [0.29, 0.717) is 17.4 Å². The summed E-state index contributed by atoms with van der Waals surface area (Å²) < 4.78 is 0. The van der Waals surface area contributed by atoms with Crippen molar-refractivity contribution in [3.8, 4) is 11.4 Å². The van der Waals surface area contributed by atoms with E-state index in [0.717, 1.165) is 36.5 Å². The van der Waals surface area contributed by atoms with E-state index in [1.165, 1.54) is 25.6 Å². The number of nitrogens with zero attached hydrogens (tertiary/aromatic N) is 3. The van der Waals surface area contributed by atoms with Crippen molar-refractivity contribution in [2.24, 2.45) is 0 Å². The van der Waals surface area contributed by atoms with Crippen LogP contribution in [0.5, 0.6) is 0 Å². The van der Waals surface area contributed by atoms with E-state index in [1.54, 1.807) is 0 Å². The molecule has 1 amide bonds. The first-order valence-corrected chi connectivity index (χ1v) is 10.3. The molecular formula is C19H26N4OS. The van der Waals surface area contributed by atoms with Crippen molar-refractivity contribution in [1.29, 1.82) is 0 Å². The molecule has 134 valence electrons. The molecule has 2 aromatic rings. The third-order valence-electron chi connectivity index (χ3n) is 4.78. The summed E-state index contributed by atoms with van der Waals surface area (Å²) in [5.41, 5.74) is 1.54. The molecule has 0 aliphatic heterocycles. The standard InChI is InChI=1S/C19H26N4OS/c1-2-25-13-12-23(15-8-4-3-5-9-15)19(24)17-11-7-6-10-16(17)18-20-14-21-22-18/h6-7,10-11,14-15H,2-5,8-9,12-13H2,1H3,(H,20,21,22). The minimum absolute atomic E-state index is 0.121. The Morgan fingerprint density at radius 2 is 2.08 bits per heavy atom. The number of benzene rings is 1. The zero-order chi connectivity index (χ0) is 17.5. The topological polar surface area (TPSA) is 61.9 Å². The molecule has 0 bridgehead atoms. The van der Waals surface area contributed by atoms with Crippen LogP contribution in [0.4, 0.5) is 0 Å². The largest absolute Gasteiger partial charge is 0.335 e. The molecule has 1 N–H and O–H groups in total. The van der Waals surface area contributed by atoms with E-state index >= 15 is 0 Å². The van der Waals surface area contributed by atoms with E-state index in [-0.39, 0.29) is 5.91 Å². The summed E-state index contributed by atoms with van der Waals surface area (Å²) in [6.07, 6.45) is 7.45. The van der Waals surface area contributed by atoms with Gasteiger partial charge in [-0.1, -0.05) is 44.4 Å². The molecule has 1 heterocycles. The quantitative estimate of drug-likeness (QED) is 0.760. The molecule has 1 saturated carbocycles. The molecule has 25 heavy (non-hydrogen) atoms.